The number of nitrogens with zero attached hydrogens (tertiary/aromatic N) is 1. The van der Waals surface area contributed by atoms with Gasteiger partial charge in [-0.2, -0.15) is 0 Å². The molecule has 1 aromatic rings. The van der Waals surface area contributed by atoms with Crippen LogP contribution in [0.5, 0.6) is 0 Å². The van der Waals surface area contributed by atoms with Crippen molar-refractivity contribution in [3.63, 3.8) is 0 Å². The van der Waals surface area contributed by atoms with Gasteiger partial charge in [0.15, 0.2) is 0 Å². The topological polar surface area (TPSA) is 38.9 Å². The number of alkyl halides is 2. The van der Waals surface area contributed by atoms with Crippen molar-refractivity contribution in [2.45, 2.75) is 6.43 Å². The maximum atomic E-state index is 12.2. The number of halogens is 4. The summed E-state index contributed by atoms with van der Waals surface area (Å²) in [6.07, 6.45) is -1.36. The summed E-state index contributed by atoms with van der Waals surface area (Å²) in [6.45, 7) is 0. The molecule has 0 spiro atoms. The van der Waals surface area contributed by atoms with Crippen molar-refractivity contribution in [1.29, 1.82) is 0 Å². The van der Waals surface area contributed by atoms with Crippen molar-refractivity contribution in [3.05, 3.63) is 20.8 Å². The van der Waals surface area contributed by atoms with E-state index in [0.717, 1.165) is 0 Å². The van der Waals surface area contributed by atoms with Gasteiger partial charge in [0.2, 0.25) is 0 Å². The molecular weight excluding hydrogens is 298 g/mol. The SMILES string of the molecule is Nc1c(C(F)F)ncc(Br)c1Br. The summed E-state index contributed by atoms with van der Waals surface area (Å²) in [4.78, 5) is 3.49. The van der Waals surface area contributed by atoms with E-state index in [2.05, 4.69) is 36.8 Å². The predicted molar refractivity (Wildman–Crippen MR) is 49.0 cm³/mol. The van der Waals surface area contributed by atoms with Gasteiger partial charge in [0.25, 0.3) is 6.43 Å². The van der Waals surface area contributed by atoms with Crippen LogP contribution in [0.4, 0.5) is 14.5 Å². The van der Waals surface area contributed by atoms with Crippen molar-refractivity contribution in [3.8, 4) is 0 Å². The molecule has 0 aliphatic heterocycles. The molecule has 0 saturated heterocycles. The monoisotopic (exact) mass is 300 g/mol. The van der Waals surface area contributed by atoms with E-state index in [-0.39, 0.29) is 5.69 Å². The van der Waals surface area contributed by atoms with Crippen molar-refractivity contribution in [2.24, 2.45) is 0 Å². The summed E-state index contributed by atoms with van der Waals surface area (Å²) >= 11 is 6.15. The maximum absolute atomic E-state index is 12.2. The zero-order valence-corrected chi connectivity index (χ0v) is 8.86. The molecule has 0 aromatic carbocycles. The molecule has 66 valence electrons. The summed E-state index contributed by atoms with van der Waals surface area (Å²) < 4.78 is 25.3. The number of rotatable bonds is 1. The fourth-order valence-corrected chi connectivity index (χ4v) is 1.29. The molecule has 0 aliphatic carbocycles. The van der Waals surface area contributed by atoms with Crippen LogP contribution in [0.2, 0.25) is 0 Å². The lowest BCUT2D eigenvalue weighted by molar-refractivity contribution is 0.147. The van der Waals surface area contributed by atoms with Crippen LogP contribution in [0.15, 0.2) is 15.1 Å². The zero-order valence-electron chi connectivity index (χ0n) is 5.69. The van der Waals surface area contributed by atoms with Gasteiger partial charge in [-0.05, 0) is 31.9 Å². The van der Waals surface area contributed by atoms with Gasteiger partial charge >= 0.3 is 0 Å². The molecule has 2 N–H and O–H groups in total. The Morgan fingerprint density at radius 2 is 2.00 bits per heavy atom. The number of hydrogen-bond acceptors (Lipinski definition) is 2. The first-order valence-electron chi connectivity index (χ1n) is 2.91. The largest absolute Gasteiger partial charge is 0.396 e. The lowest BCUT2D eigenvalue weighted by atomic mass is 10.3. The Bertz CT molecular complexity index is 304. The van der Waals surface area contributed by atoms with Gasteiger partial charge in [0.05, 0.1) is 14.6 Å². The second-order valence-electron chi connectivity index (χ2n) is 2.02. The Labute approximate surface area is 84.4 Å². The Kier molecular flexibility index (Phi) is 3.00. The minimum Gasteiger partial charge on any atom is -0.396 e. The van der Waals surface area contributed by atoms with Crippen molar-refractivity contribution >= 4 is 37.5 Å². The first kappa shape index (κ1) is 9.85. The number of nitrogens with two attached hydrogens (primary N) is 1. The molecule has 0 aliphatic rings. The molecule has 0 radical (unpaired) electrons. The van der Waals surface area contributed by atoms with Crippen molar-refractivity contribution < 1.29 is 8.78 Å². The van der Waals surface area contributed by atoms with E-state index in [1.54, 1.807) is 0 Å². The summed E-state index contributed by atoms with van der Waals surface area (Å²) in [6, 6.07) is 0. The highest BCUT2D eigenvalue weighted by Gasteiger charge is 2.16. The van der Waals surface area contributed by atoms with Gasteiger partial charge in [0, 0.05) is 6.20 Å². The van der Waals surface area contributed by atoms with Crippen LogP contribution in [0.1, 0.15) is 12.1 Å². The van der Waals surface area contributed by atoms with Crippen LogP contribution in [0, 0.1) is 0 Å². The van der Waals surface area contributed by atoms with Gasteiger partial charge in [-0.15, -0.1) is 0 Å². The summed E-state index contributed by atoms with van der Waals surface area (Å²) in [5.74, 6) is 0. The predicted octanol–water partition coefficient (Wildman–Crippen LogP) is 3.13. The number of nitrogen functional groups attached to an aromatic ring is 1. The summed E-state index contributed by atoms with van der Waals surface area (Å²) in [5, 5.41) is 0. The highest BCUT2D eigenvalue weighted by molar-refractivity contribution is 9.13. The van der Waals surface area contributed by atoms with Gasteiger partial charge in [-0.1, -0.05) is 0 Å². The average Bonchev–Trinajstić information content (AvgIpc) is 2.00. The highest BCUT2D eigenvalue weighted by atomic mass is 79.9. The fourth-order valence-electron chi connectivity index (χ4n) is 0.667. The van der Waals surface area contributed by atoms with Crippen LogP contribution in [-0.2, 0) is 0 Å². The molecule has 1 rings (SSSR count). The van der Waals surface area contributed by atoms with Gasteiger partial charge in [-0.25, -0.2) is 8.78 Å². The summed E-state index contributed by atoms with van der Waals surface area (Å²) in [7, 11) is 0. The lowest BCUT2D eigenvalue weighted by Gasteiger charge is -2.05. The second-order valence-corrected chi connectivity index (χ2v) is 3.67. The third-order valence-electron chi connectivity index (χ3n) is 1.25. The Morgan fingerprint density at radius 3 is 2.50 bits per heavy atom. The molecule has 0 saturated carbocycles. The molecule has 0 bridgehead atoms. The molecule has 0 atom stereocenters. The molecule has 12 heavy (non-hydrogen) atoms. The Hall–Kier alpha value is -0.230. The van der Waals surface area contributed by atoms with E-state index >= 15 is 0 Å². The Balaban J connectivity index is 3.27. The van der Waals surface area contributed by atoms with Crippen LogP contribution in [0.3, 0.4) is 0 Å². The number of anilines is 1. The average molecular weight is 302 g/mol. The first-order chi connectivity index (χ1) is 5.54. The molecule has 1 aromatic heterocycles. The van der Waals surface area contributed by atoms with Gasteiger partial charge in [-0.3, -0.25) is 4.98 Å². The minimum atomic E-state index is -2.64. The summed E-state index contributed by atoms with van der Waals surface area (Å²) in [5.41, 5.74) is 4.94. The van der Waals surface area contributed by atoms with E-state index in [1.807, 2.05) is 0 Å². The van der Waals surface area contributed by atoms with Crippen molar-refractivity contribution in [2.75, 3.05) is 5.73 Å². The standard InChI is InChI=1S/C6H4Br2F2N2/c7-2-1-12-5(6(9)10)4(11)3(2)8/h1,6H,11H2. The fraction of sp³-hybridized carbons (Fsp3) is 0.167. The second kappa shape index (κ2) is 3.66. The lowest BCUT2D eigenvalue weighted by Crippen LogP contribution is -1.99. The molecule has 0 unspecified atom stereocenters. The number of pyridine rings is 1. The van der Waals surface area contributed by atoms with Crippen LogP contribution in [0.25, 0.3) is 0 Å². The van der Waals surface area contributed by atoms with Gasteiger partial charge in [0.1, 0.15) is 5.69 Å². The first-order valence-corrected chi connectivity index (χ1v) is 4.50. The van der Waals surface area contributed by atoms with Crippen LogP contribution < -0.4 is 5.73 Å². The van der Waals surface area contributed by atoms with Crippen LogP contribution in [-0.4, -0.2) is 4.98 Å². The van der Waals surface area contributed by atoms with Gasteiger partial charge < -0.3 is 5.73 Å². The van der Waals surface area contributed by atoms with E-state index in [0.29, 0.717) is 8.95 Å². The van der Waals surface area contributed by atoms with E-state index < -0.39 is 12.1 Å². The highest BCUT2D eigenvalue weighted by Crippen LogP contribution is 2.33. The third kappa shape index (κ3) is 1.74. The maximum Gasteiger partial charge on any atom is 0.282 e. The van der Waals surface area contributed by atoms with E-state index in [9.17, 15) is 8.78 Å². The quantitative estimate of drug-likeness (QED) is 0.865. The van der Waals surface area contributed by atoms with Crippen molar-refractivity contribution in [1.82, 2.24) is 4.98 Å². The molecule has 0 amide bonds. The normalized spacial score (nSPS) is 10.8. The zero-order chi connectivity index (χ0) is 9.30. The Morgan fingerprint density at radius 1 is 1.42 bits per heavy atom. The van der Waals surface area contributed by atoms with Crippen LogP contribution >= 0.6 is 31.9 Å². The molecule has 6 heteroatoms. The number of aromatic nitrogens is 1. The molecule has 1 heterocycles. The van der Waals surface area contributed by atoms with E-state index in [4.69, 9.17) is 5.73 Å². The van der Waals surface area contributed by atoms with E-state index in [1.165, 1.54) is 6.20 Å². The molecule has 2 nitrogen and oxygen atoms in total. The number of hydrogen-bond donors (Lipinski definition) is 1. The molecular formula is C6H4Br2F2N2. The minimum absolute atomic E-state index is 0.0284. The smallest absolute Gasteiger partial charge is 0.282 e. The molecule has 0 fully saturated rings. The third-order valence-corrected chi connectivity index (χ3v) is 3.23.